The predicted molar refractivity (Wildman–Crippen MR) is 112 cm³/mol. The van der Waals surface area contributed by atoms with E-state index in [9.17, 15) is 9.18 Å². The summed E-state index contributed by atoms with van der Waals surface area (Å²) in [5, 5.41) is 17.3. The zero-order valence-electron chi connectivity index (χ0n) is 17.1. The van der Waals surface area contributed by atoms with Crippen molar-refractivity contribution in [3.05, 3.63) is 59.4 Å². The van der Waals surface area contributed by atoms with Crippen molar-refractivity contribution in [1.29, 1.82) is 10.5 Å². The molecule has 156 valence electrons. The summed E-state index contributed by atoms with van der Waals surface area (Å²) in [6.45, 7) is 0. The lowest BCUT2D eigenvalue weighted by Crippen LogP contribution is -2.29. The minimum atomic E-state index is -0.794. The highest BCUT2D eigenvalue weighted by Gasteiger charge is 2.30. The van der Waals surface area contributed by atoms with E-state index in [0.717, 1.165) is 51.4 Å². The highest BCUT2D eigenvalue weighted by Crippen LogP contribution is 2.36. The van der Waals surface area contributed by atoms with Gasteiger partial charge in [0.15, 0.2) is 5.83 Å². The van der Waals surface area contributed by atoms with Crippen LogP contribution < -0.4 is 0 Å². The summed E-state index contributed by atoms with van der Waals surface area (Å²) in [4.78, 5) is 12.6. The first-order valence-corrected chi connectivity index (χ1v) is 10.7. The van der Waals surface area contributed by atoms with Crippen molar-refractivity contribution in [3.63, 3.8) is 0 Å². The molecule has 3 rings (SSSR count). The average Bonchev–Trinajstić information content (AvgIpc) is 2.80. The third kappa shape index (κ3) is 6.04. The first-order chi connectivity index (χ1) is 14.6. The third-order valence-electron chi connectivity index (χ3n) is 6.31. The highest BCUT2D eigenvalue weighted by molar-refractivity contribution is 5.72. The van der Waals surface area contributed by atoms with Gasteiger partial charge >= 0.3 is 5.97 Å². The SMILES string of the molecule is N#CC(F)=CC=C[C@H]1CC[C@H](C(=O)O[C@H]2CC[C@H](c3ccc(C#N)cc3)CC2)CC1. The topological polar surface area (TPSA) is 73.9 Å². The number of carbonyl (C=O) groups is 1. The van der Waals surface area contributed by atoms with Gasteiger partial charge in [0.05, 0.1) is 17.6 Å². The van der Waals surface area contributed by atoms with Gasteiger partial charge in [-0.25, -0.2) is 0 Å². The van der Waals surface area contributed by atoms with Crippen LogP contribution in [0.15, 0.2) is 48.3 Å². The summed E-state index contributed by atoms with van der Waals surface area (Å²) < 4.78 is 18.6. The van der Waals surface area contributed by atoms with E-state index >= 15 is 0 Å². The number of benzene rings is 1. The van der Waals surface area contributed by atoms with Crippen molar-refractivity contribution in [2.75, 3.05) is 0 Å². The molecule has 0 unspecified atom stereocenters. The number of nitrogens with zero attached hydrogens (tertiary/aromatic N) is 2. The number of hydrogen-bond donors (Lipinski definition) is 0. The van der Waals surface area contributed by atoms with E-state index in [1.165, 1.54) is 17.7 Å². The number of hydrogen-bond acceptors (Lipinski definition) is 4. The summed E-state index contributed by atoms with van der Waals surface area (Å²) in [5.74, 6) is -0.126. The fourth-order valence-corrected chi connectivity index (χ4v) is 4.49. The maximum Gasteiger partial charge on any atom is 0.309 e. The van der Waals surface area contributed by atoms with E-state index < -0.39 is 5.83 Å². The van der Waals surface area contributed by atoms with E-state index in [2.05, 4.69) is 6.07 Å². The molecule has 1 aromatic rings. The van der Waals surface area contributed by atoms with Crippen LogP contribution in [0.3, 0.4) is 0 Å². The second kappa shape index (κ2) is 10.7. The van der Waals surface area contributed by atoms with Gasteiger partial charge in [-0.2, -0.15) is 14.9 Å². The summed E-state index contributed by atoms with van der Waals surface area (Å²) in [5.41, 5.74) is 1.94. The Balaban J connectivity index is 1.40. The van der Waals surface area contributed by atoms with E-state index in [1.54, 1.807) is 6.08 Å². The lowest BCUT2D eigenvalue weighted by atomic mass is 9.81. The van der Waals surface area contributed by atoms with E-state index in [-0.39, 0.29) is 18.0 Å². The van der Waals surface area contributed by atoms with Crippen molar-refractivity contribution in [3.8, 4) is 12.1 Å². The molecule has 2 aliphatic carbocycles. The van der Waals surface area contributed by atoms with E-state index in [1.807, 2.05) is 30.3 Å². The van der Waals surface area contributed by atoms with Gasteiger partial charge in [-0.3, -0.25) is 4.79 Å². The molecule has 0 heterocycles. The molecule has 1 aromatic carbocycles. The van der Waals surface area contributed by atoms with Gasteiger partial charge in [-0.1, -0.05) is 24.3 Å². The average molecular weight is 407 g/mol. The largest absolute Gasteiger partial charge is 0.462 e. The molecule has 0 atom stereocenters. The van der Waals surface area contributed by atoms with Crippen LogP contribution in [-0.2, 0) is 9.53 Å². The smallest absolute Gasteiger partial charge is 0.309 e. The van der Waals surface area contributed by atoms with Gasteiger partial charge < -0.3 is 4.74 Å². The van der Waals surface area contributed by atoms with Crippen molar-refractivity contribution < 1.29 is 13.9 Å². The Morgan fingerprint density at radius 3 is 2.27 bits per heavy atom. The van der Waals surface area contributed by atoms with Crippen LogP contribution in [0.1, 0.15) is 68.4 Å². The molecule has 4 nitrogen and oxygen atoms in total. The fraction of sp³-hybridized carbons (Fsp3) is 0.480. The summed E-state index contributed by atoms with van der Waals surface area (Å²) in [7, 11) is 0. The molecule has 0 aromatic heterocycles. The van der Waals surface area contributed by atoms with Gasteiger partial charge in [0.2, 0.25) is 0 Å². The molecule has 2 aliphatic rings. The van der Waals surface area contributed by atoms with Gasteiger partial charge in [0.1, 0.15) is 12.2 Å². The number of rotatable bonds is 5. The van der Waals surface area contributed by atoms with E-state index in [0.29, 0.717) is 17.4 Å². The number of nitriles is 2. The Bertz CT molecular complexity index is 860. The molecule has 0 radical (unpaired) electrons. The van der Waals surface area contributed by atoms with Crippen LogP contribution in [0.25, 0.3) is 0 Å². The van der Waals surface area contributed by atoms with Crippen molar-refractivity contribution in [1.82, 2.24) is 0 Å². The second-order valence-electron chi connectivity index (χ2n) is 8.27. The van der Waals surface area contributed by atoms with Crippen LogP contribution in [0.4, 0.5) is 4.39 Å². The standard InChI is InChI=1S/C25H27FN2O2/c26-23(17-28)3-1-2-18-4-10-22(11-5-18)25(29)30-24-14-12-21(13-15-24)20-8-6-19(16-27)7-9-20/h1-3,6-9,18,21-22,24H,4-5,10-15H2/t18-,21-,22-,24-. The maximum atomic E-state index is 12.8. The Morgan fingerprint density at radius 1 is 1.00 bits per heavy atom. The van der Waals surface area contributed by atoms with Crippen LogP contribution in [0.2, 0.25) is 0 Å². The monoisotopic (exact) mass is 406 g/mol. The van der Waals surface area contributed by atoms with Crippen LogP contribution in [0, 0.1) is 34.5 Å². The Labute approximate surface area is 177 Å². The van der Waals surface area contributed by atoms with Gasteiger partial charge in [-0.15, -0.1) is 0 Å². The molecule has 0 aliphatic heterocycles. The van der Waals surface area contributed by atoms with Gasteiger partial charge in [-0.05, 0) is 87.0 Å². The first kappa shape index (κ1) is 21.8. The summed E-state index contributed by atoms with van der Waals surface area (Å²) in [6, 6.07) is 11.4. The zero-order valence-corrected chi connectivity index (χ0v) is 17.1. The molecule has 30 heavy (non-hydrogen) atoms. The number of halogens is 1. The molecule has 0 saturated heterocycles. The minimum absolute atomic E-state index is 0.00356. The predicted octanol–water partition coefficient (Wildman–Crippen LogP) is 5.87. The zero-order chi connectivity index (χ0) is 21.3. The molecule has 0 bridgehead atoms. The van der Waals surface area contributed by atoms with E-state index in [4.69, 9.17) is 15.3 Å². The Morgan fingerprint density at radius 2 is 1.67 bits per heavy atom. The molecule has 2 fully saturated rings. The van der Waals surface area contributed by atoms with Gasteiger partial charge in [0.25, 0.3) is 0 Å². The third-order valence-corrected chi connectivity index (χ3v) is 6.31. The molecular formula is C25H27FN2O2. The maximum absolute atomic E-state index is 12.8. The second-order valence-corrected chi connectivity index (χ2v) is 8.27. The molecule has 0 amide bonds. The highest BCUT2D eigenvalue weighted by atomic mass is 19.1. The van der Waals surface area contributed by atoms with Crippen molar-refractivity contribution in [2.24, 2.45) is 11.8 Å². The Kier molecular flexibility index (Phi) is 7.80. The van der Waals surface area contributed by atoms with Crippen LogP contribution >= 0.6 is 0 Å². The minimum Gasteiger partial charge on any atom is -0.462 e. The summed E-state index contributed by atoms with van der Waals surface area (Å²) in [6.07, 6.45) is 11.8. The molecule has 0 N–H and O–H groups in total. The quantitative estimate of drug-likeness (QED) is 0.348. The normalized spacial score (nSPS) is 27.2. The lowest BCUT2D eigenvalue weighted by molar-refractivity contribution is -0.157. The number of ether oxygens (including phenoxy) is 1. The summed E-state index contributed by atoms with van der Waals surface area (Å²) >= 11 is 0. The number of allylic oxidation sites excluding steroid dienone is 4. The number of esters is 1. The van der Waals surface area contributed by atoms with Crippen LogP contribution in [0.5, 0.6) is 0 Å². The van der Waals surface area contributed by atoms with Crippen molar-refractivity contribution >= 4 is 5.97 Å². The van der Waals surface area contributed by atoms with Crippen LogP contribution in [-0.4, -0.2) is 12.1 Å². The fourth-order valence-electron chi connectivity index (χ4n) is 4.49. The van der Waals surface area contributed by atoms with Gasteiger partial charge in [0, 0.05) is 0 Å². The molecule has 0 spiro atoms. The molecule has 5 heteroatoms. The van der Waals surface area contributed by atoms with Crippen molar-refractivity contribution in [2.45, 2.75) is 63.4 Å². The first-order valence-electron chi connectivity index (χ1n) is 10.7. The lowest BCUT2D eigenvalue weighted by Gasteiger charge is -2.31. The Hall–Kier alpha value is -2.92. The number of carbonyl (C=O) groups excluding carboxylic acids is 1. The molecular weight excluding hydrogens is 379 g/mol. The molecule has 2 saturated carbocycles.